The van der Waals surface area contributed by atoms with Crippen molar-refractivity contribution in [1.29, 1.82) is 0 Å². The van der Waals surface area contributed by atoms with Crippen LogP contribution >= 0.6 is 0 Å². The molecule has 2 aliphatic rings. The fourth-order valence-corrected chi connectivity index (χ4v) is 3.83. The van der Waals surface area contributed by atoms with E-state index in [1.807, 2.05) is 11.8 Å². The van der Waals surface area contributed by atoms with E-state index in [-0.39, 0.29) is 11.7 Å². The van der Waals surface area contributed by atoms with Crippen molar-refractivity contribution in [3.05, 3.63) is 0 Å². The molecule has 21 heavy (non-hydrogen) atoms. The smallest absolute Gasteiger partial charge is 0.233 e. The molecule has 6 nitrogen and oxygen atoms in total. The van der Waals surface area contributed by atoms with Crippen molar-refractivity contribution in [1.82, 2.24) is 9.80 Å². The number of fused-ring (bicyclic) bond motifs is 1. The number of hydrogen-bond acceptors (Lipinski definition) is 4. The molecule has 2 fully saturated rings. The van der Waals surface area contributed by atoms with Gasteiger partial charge in [0.15, 0.2) is 5.84 Å². The Morgan fingerprint density at radius 2 is 2.19 bits per heavy atom. The molecule has 0 aromatic carbocycles. The number of amidine groups is 1. The van der Waals surface area contributed by atoms with Crippen molar-refractivity contribution < 1.29 is 10.0 Å². The first-order valence-electron chi connectivity index (χ1n) is 8.04. The first-order valence-corrected chi connectivity index (χ1v) is 8.04. The Hall–Kier alpha value is -1.30. The van der Waals surface area contributed by atoms with E-state index in [9.17, 15) is 4.79 Å². The van der Waals surface area contributed by atoms with E-state index in [1.54, 1.807) is 0 Å². The van der Waals surface area contributed by atoms with Crippen molar-refractivity contribution in [3.63, 3.8) is 0 Å². The molecular weight excluding hydrogens is 268 g/mol. The van der Waals surface area contributed by atoms with Crippen molar-refractivity contribution in [3.8, 4) is 0 Å². The minimum absolute atomic E-state index is 0.0267. The molecule has 0 bridgehead atoms. The summed E-state index contributed by atoms with van der Waals surface area (Å²) in [6.07, 6.45) is 4.91. The number of likely N-dealkylation sites (tertiary alicyclic amines) is 2. The molecule has 0 saturated carbocycles. The van der Waals surface area contributed by atoms with Crippen LogP contribution < -0.4 is 5.73 Å². The summed E-state index contributed by atoms with van der Waals surface area (Å²) in [5.74, 6) is 0.164. The standard InChI is InChI=1S/C15H28N4O2/c1-3-5-12(14(16)17-21)15(20)19-9-7-13-11(10-19)6-4-8-18(13)2/h11-13,21H,3-10H2,1-2H3,(H2,16,17). The molecule has 3 N–H and O–H groups in total. The second-order valence-corrected chi connectivity index (χ2v) is 6.39. The summed E-state index contributed by atoms with van der Waals surface area (Å²) >= 11 is 0. The molecule has 3 atom stereocenters. The second-order valence-electron chi connectivity index (χ2n) is 6.39. The third-order valence-corrected chi connectivity index (χ3v) is 5.01. The summed E-state index contributed by atoms with van der Waals surface area (Å²) in [6.45, 7) is 4.76. The Bertz CT molecular complexity index is 399. The number of carbonyl (C=O) groups is 1. The lowest BCUT2D eigenvalue weighted by Crippen LogP contribution is -2.55. The number of piperidine rings is 2. The van der Waals surface area contributed by atoms with Gasteiger partial charge in [-0.3, -0.25) is 4.79 Å². The van der Waals surface area contributed by atoms with E-state index in [0.717, 1.165) is 32.5 Å². The second kappa shape index (κ2) is 7.11. The molecule has 120 valence electrons. The average molecular weight is 296 g/mol. The van der Waals surface area contributed by atoms with Crippen LogP contribution in [0.3, 0.4) is 0 Å². The first-order chi connectivity index (χ1) is 10.1. The van der Waals surface area contributed by atoms with E-state index in [0.29, 0.717) is 18.4 Å². The van der Waals surface area contributed by atoms with Gasteiger partial charge in [-0.2, -0.15) is 0 Å². The summed E-state index contributed by atoms with van der Waals surface area (Å²) in [6, 6.07) is 0.608. The SMILES string of the molecule is CCCC(C(=O)N1CCC2C(CCCN2C)C1)C(N)=NO. The van der Waals surface area contributed by atoms with Crippen LogP contribution in [-0.4, -0.2) is 59.5 Å². The Labute approximate surface area is 127 Å². The largest absolute Gasteiger partial charge is 0.409 e. The van der Waals surface area contributed by atoms with Crippen LogP contribution in [-0.2, 0) is 4.79 Å². The van der Waals surface area contributed by atoms with Gasteiger partial charge in [-0.25, -0.2) is 0 Å². The quantitative estimate of drug-likeness (QED) is 0.352. The van der Waals surface area contributed by atoms with Gasteiger partial charge in [0.1, 0.15) is 0 Å². The molecule has 0 radical (unpaired) electrons. The van der Waals surface area contributed by atoms with Crippen LogP contribution in [0.1, 0.15) is 39.0 Å². The molecule has 0 aromatic heterocycles. The highest BCUT2D eigenvalue weighted by molar-refractivity contribution is 6.02. The minimum atomic E-state index is -0.474. The summed E-state index contributed by atoms with van der Waals surface area (Å²) in [4.78, 5) is 17.0. The molecule has 0 spiro atoms. The highest BCUT2D eigenvalue weighted by Crippen LogP contribution is 2.30. The van der Waals surface area contributed by atoms with Crippen molar-refractivity contribution in [2.75, 3.05) is 26.7 Å². The van der Waals surface area contributed by atoms with Gasteiger partial charge in [0.05, 0.1) is 5.92 Å². The Balaban J connectivity index is 2.03. The first kappa shape index (κ1) is 16.1. The monoisotopic (exact) mass is 296 g/mol. The van der Waals surface area contributed by atoms with Gasteiger partial charge in [0.25, 0.3) is 0 Å². The lowest BCUT2D eigenvalue weighted by Gasteiger charge is -2.46. The maximum atomic E-state index is 12.7. The molecule has 2 aliphatic heterocycles. The maximum absolute atomic E-state index is 12.7. The van der Waals surface area contributed by atoms with E-state index >= 15 is 0 Å². The molecule has 0 aromatic rings. The van der Waals surface area contributed by atoms with Gasteiger partial charge in [-0.05, 0) is 45.2 Å². The number of nitrogens with two attached hydrogens (primary N) is 1. The van der Waals surface area contributed by atoms with Crippen LogP contribution in [0.5, 0.6) is 0 Å². The molecule has 3 unspecified atom stereocenters. The van der Waals surface area contributed by atoms with E-state index < -0.39 is 5.92 Å². The van der Waals surface area contributed by atoms with Crippen LogP contribution in [0.15, 0.2) is 5.16 Å². The number of oxime groups is 1. The van der Waals surface area contributed by atoms with E-state index in [2.05, 4.69) is 17.1 Å². The maximum Gasteiger partial charge on any atom is 0.233 e. The van der Waals surface area contributed by atoms with Gasteiger partial charge >= 0.3 is 0 Å². The Morgan fingerprint density at radius 3 is 2.86 bits per heavy atom. The summed E-state index contributed by atoms with van der Waals surface area (Å²) in [5.41, 5.74) is 5.71. The van der Waals surface area contributed by atoms with Gasteiger partial charge in [0.2, 0.25) is 5.91 Å². The number of amides is 1. The lowest BCUT2D eigenvalue weighted by molar-refractivity contribution is -0.137. The van der Waals surface area contributed by atoms with Crippen LogP contribution in [0.2, 0.25) is 0 Å². The highest BCUT2D eigenvalue weighted by Gasteiger charge is 2.37. The lowest BCUT2D eigenvalue weighted by atomic mass is 9.83. The fourth-order valence-electron chi connectivity index (χ4n) is 3.83. The molecular formula is C15H28N4O2. The van der Waals surface area contributed by atoms with Gasteiger partial charge in [0, 0.05) is 19.1 Å². The zero-order valence-electron chi connectivity index (χ0n) is 13.2. The predicted molar refractivity (Wildman–Crippen MR) is 82.1 cm³/mol. The number of carbonyl (C=O) groups excluding carboxylic acids is 1. The molecule has 2 saturated heterocycles. The van der Waals surface area contributed by atoms with Crippen molar-refractivity contribution in [2.45, 2.75) is 45.1 Å². The van der Waals surface area contributed by atoms with Gasteiger partial charge in [-0.15, -0.1) is 0 Å². The van der Waals surface area contributed by atoms with Crippen molar-refractivity contribution in [2.24, 2.45) is 22.7 Å². The van der Waals surface area contributed by atoms with E-state index in [1.165, 1.54) is 12.8 Å². The zero-order chi connectivity index (χ0) is 15.4. The molecule has 0 aliphatic carbocycles. The normalized spacial score (nSPS) is 29.0. The summed E-state index contributed by atoms with van der Waals surface area (Å²) < 4.78 is 0. The number of nitrogens with zero attached hydrogens (tertiary/aromatic N) is 3. The average Bonchev–Trinajstić information content (AvgIpc) is 2.51. The third-order valence-electron chi connectivity index (χ3n) is 5.01. The van der Waals surface area contributed by atoms with Crippen LogP contribution in [0.4, 0.5) is 0 Å². The Morgan fingerprint density at radius 1 is 1.43 bits per heavy atom. The molecule has 1 amide bonds. The van der Waals surface area contributed by atoms with Crippen LogP contribution in [0, 0.1) is 11.8 Å². The minimum Gasteiger partial charge on any atom is -0.409 e. The number of rotatable bonds is 4. The summed E-state index contributed by atoms with van der Waals surface area (Å²) in [7, 11) is 2.19. The topological polar surface area (TPSA) is 82.2 Å². The number of hydrogen-bond donors (Lipinski definition) is 2. The van der Waals surface area contributed by atoms with Gasteiger partial charge < -0.3 is 20.7 Å². The van der Waals surface area contributed by atoms with E-state index in [4.69, 9.17) is 10.9 Å². The van der Waals surface area contributed by atoms with Crippen LogP contribution in [0.25, 0.3) is 0 Å². The Kier molecular flexibility index (Phi) is 5.45. The molecule has 6 heteroatoms. The van der Waals surface area contributed by atoms with Crippen molar-refractivity contribution >= 4 is 11.7 Å². The predicted octanol–water partition coefficient (Wildman–Crippen LogP) is 1.09. The third kappa shape index (κ3) is 3.48. The highest BCUT2D eigenvalue weighted by atomic mass is 16.4. The summed E-state index contributed by atoms with van der Waals surface area (Å²) in [5, 5.41) is 11.9. The molecule has 2 rings (SSSR count). The fraction of sp³-hybridized carbons (Fsp3) is 0.867. The molecule has 2 heterocycles. The zero-order valence-corrected chi connectivity index (χ0v) is 13.2. The van der Waals surface area contributed by atoms with Gasteiger partial charge in [-0.1, -0.05) is 18.5 Å².